The molecule has 0 spiro atoms. The van der Waals surface area contributed by atoms with Crippen LogP contribution in [0.2, 0.25) is 0 Å². The van der Waals surface area contributed by atoms with Crippen LogP contribution in [0.4, 0.5) is 0 Å². The summed E-state index contributed by atoms with van der Waals surface area (Å²) >= 11 is 1.73. The van der Waals surface area contributed by atoms with Crippen molar-refractivity contribution < 1.29 is 14.3 Å². The van der Waals surface area contributed by atoms with Gasteiger partial charge in [-0.2, -0.15) is 5.26 Å². The van der Waals surface area contributed by atoms with E-state index in [2.05, 4.69) is 40.0 Å². The van der Waals surface area contributed by atoms with E-state index in [1.807, 2.05) is 6.08 Å². The zero-order valence-electron chi connectivity index (χ0n) is 22.3. The van der Waals surface area contributed by atoms with Crippen LogP contribution in [-0.2, 0) is 14.3 Å². The van der Waals surface area contributed by atoms with E-state index in [4.69, 9.17) is 4.74 Å². The Morgan fingerprint density at radius 2 is 1.83 bits per heavy atom. The summed E-state index contributed by atoms with van der Waals surface area (Å²) in [7, 11) is 0. The molecule has 5 heteroatoms. The summed E-state index contributed by atoms with van der Waals surface area (Å²) in [6.07, 6.45) is 13.1. The second-order valence-corrected chi connectivity index (χ2v) is 14.7. The van der Waals surface area contributed by atoms with E-state index < -0.39 is 0 Å². The van der Waals surface area contributed by atoms with Crippen LogP contribution < -0.4 is 0 Å². The lowest BCUT2D eigenvalue weighted by Crippen LogP contribution is -2.63. The lowest BCUT2D eigenvalue weighted by atomic mass is 9.37. The van der Waals surface area contributed by atoms with Gasteiger partial charge >= 0.3 is 0 Å². The molecule has 5 rings (SSSR count). The van der Waals surface area contributed by atoms with Gasteiger partial charge in [-0.1, -0.05) is 33.8 Å². The summed E-state index contributed by atoms with van der Waals surface area (Å²) in [5, 5.41) is 9.64. The predicted octanol–water partition coefficient (Wildman–Crippen LogP) is 6.60. The van der Waals surface area contributed by atoms with Gasteiger partial charge in [-0.25, -0.2) is 0 Å². The molecule has 35 heavy (non-hydrogen) atoms. The number of ether oxygens (including phenoxy) is 1. The Morgan fingerprint density at radius 1 is 1.06 bits per heavy atom. The van der Waals surface area contributed by atoms with E-state index in [1.165, 1.54) is 12.8 Å². The predicted molar refractivity (Wildman–Crippen MR) is 139 cm³/mol. The normalized spacial score (nSPS) is 46.4. The van der Waals surface area contributed by atoms with Crippen molar-refractivity contribution in [2.75, 3.05) is 18.8 Å². The summed E-state index contributed by atoms with van der Waals surface area (Å²) in [6.45, 7) is 10.3. The number of carbonyl (C=O) groups is 2. The molecule has 0 bridgehead atoms. The Labute approximate surface area is 216 Å². The minimum atomic E-state index is -0.242. The maximum Gasteiger partial charge on any atom is 0.173 e. The summed E-state index contributed by atoms with van der Waals surface area (Å²) in [4.78, 5) is 26.7. The van der Waals surface area contributed by atoms with Gasteiger partial charge in [0.1, 0.15) is 11.9 Å². The largest absolute Gasteiger partial charge is 0.370 e. The highest BCUT2D eigenvalue weighted by atomic mass is 32.2. The fourth-order valence-electron chi connectivity index (χ4n) is 9.74. The molecule has 0 radical (unpaired) electrons. The second kappa shape index (κ2) is 8.73. The third kappa shape index (κ3) is 3.88. The topological polar surface area (TPSA) is 67.2 Å². The molecule has 4 saturated carbocycles. The molecule has 192 valence electrons. The third-order valence-corrected chi connectivity index (χ3v) is 12.1. The zero-order chi connectivity index (χ0) is 25.2. The lowest BCUT2D eigenvalue weighted by molar-refractivity contribution is -0.189. The number of ketones is 2. The molecule has 0 amide bonds. The first-order valence-electron chi connectivity index (χ1n) is 13.8. The van der Waals surface area contributed by atoms with E-state index in [9.17, 15) is 14.9 Å². The van der Waals surface area contributed by atoms with Crippen LogP contribution in [0.3, 0.4) is 0 Å². The van der Waals surface area contributed by atoms with Crippen molar-refractivity contribution in [2.45, 2.75) is 85.5 Å². The smallest absolute Gasteiger partial charge is 0.173 e. The first kappa shape index (κ1) is 25.5. The maximum absolute atomic E-state index is 14.2. The van der Waals surface area contributed by atoms with Gasteiger partial charge in [0, 0.05) is 18.8 Å². The molecule has 0 N–H and O–H groups in total. The van der Waals surface area contributed by atoms with Crippen LogP contribution in [0.1, 0.15) is 85.5 Å². The Balaban J connectivity index is 1.52. The highest BCUT2D eigenvalue weighted by Crippen LogP contribution is 2.70. The van der Waals surface area contributed by atoms with E-state index in [0.717, 1.165) is 44.6 Å². The summed E-state index contributed by atoms with van der Waals surface area (Å²) in [5.74, 6) is 2.59. The van der Waals surface area contributed by atoms with Crippen LogP contribution in [0.5, 0.6) is 0 Å². The summed E-state index contributed by atoms with van der Waals surface area (Å²) in [6, 6.07) is 2.17. The van der Waals surface area contributed by atoms with Gasteiger partial charge in [0.15, 0.2) is 5.78 Å². The van der Waals surface area contributed by atoms with Crippen LogP contribution in [0.15, 0.2) is 11.6 Å². The number of allylic oxidation sites excluding steroid dienone is 2. The number of nitrogens with zero attached hydrogens (tertiary/aromatic N) is 1. The molecule has 0 saturated heterocycles. The number of carbonyl (C=O) groups excluding carboxylic acids is 2. The van der Waals surface area contributed by atoms with Crippen molar-refractivity contribution in [1.29, 1.82) is 5.26 Å². The molecule has 5 aliphatic carbocycles. The number of Topliss-reactive ketones (excluding diaryl/α,β-unsaturated/α-hetero) is 2. The Morgan fingerprint density at radius 3 is 2.54 bits per heavy atom. The average molecular weight is 498 g/mol. The lowest BCUT2D eigenvalue weighted by Gasteiger charge is -2.67. The third-order valence-electron chi connectivity index (χ3n) is 11.7. The maximum atomic E-state index is 14.2. The fraction of sp³-hybridized carbons (Fsp3) is 0.833. The van der Waals surface area contributed by atoms with E-state index in [0.29, 0.717) is 36.0 Å². The zero-order valence-corrected chi connectivity index (χ0v) is 23.1. The van der Waals surface area contributed by atoms with E-state index >= 15 is 0 Å². The van der Waals surface area contributed by atoms with Crippen molar-refractivity contribution in [2.24, 2.45) is 51.2 Å². The van der Waals surface area contributed by atoms with Gasteiger partial charge in [-0.15, -0.1) is 11.8 Å². The first-order chi connectivity index (χ1) is 16.5. The highest BCUT2D eigenvalue weighted by Gasteiger charge is 2.66. The molecule has 5 aliphatic rings. The van der Waals surface area contributed by atoms with Gasteiger partial charge in [-0.3, -0.25) is 9.59 Å². The Bertz CT molecular complexity index is 981. The monoisotopic (exact) mass is 497 g/mol. The van der Waals surface area contributed by atoms with Crippen molar-refractivity contribution in [1.82, 2.24) is 0 Å². The first-order valence-corrected chi connectivity index (χ1v) is 15.1. The SMILES string of the molecule is CSCOCC12CCC3C(C(=O)CC4C5(C)C=C(C#N)C(=O)CC5CCC34C)C1CC(C)(C)CC2. The minimum Gasteiger partial charge on any atom is -0.370 e. The number of thioether (sulfide) groups is 1. The van der Waals surface area contributed by atoms with Crippen molar-refractivity contribution in [3.05, 3.63) is 11.6 Å². The number of nitriles is 1. The van der Waals surface area contributed by atoms with Crippen molar-refractivity contribution in [3.63, 3.8) is 0 Å². The summed E-state index contributed by atoms with van der Waals surface area (Å²) in [5.41, 5.74) is 0.567. The van der Waals surface area contributed by atoms with Gasteiger partial charge in [-0.05, 0) is 96.5 Å². The Kier molecular flexibility index (Phi) is 6.36. The minimum absolute atomic E-state index is 0.00396. The average Bonchev–Trinajstić information content (AvgIpc) is 2.81. The molecule has 0 heterocycles. The Hall–Kier alpha value is -1.12. The van der Waals surface area contributed by atoms with Crippen LogP contribution in [-0.4, -0.2) is 30.4 Å². The van der Waals surface area contributed by atoms with Gasteiger partial charge in [0.25, 0.3) is 0 Å². The van der Waals surface area contributed by atoms with Gasteiger partial charge in [0.2, 0.25) is 0 Å². The van der Waals surface area contributed by atoms with Crippen molar-refractivity contribution >= 4 is 23.3 Å². The molecule has 0 aromatic rings. The van der Waals surface area contributed by atoms with Crippen LogP contribution >= 0.6 is 11.8 Å². The van der Waals surface area contributed by atoms with Gasteiger partial charge < -0.3 is 4.74 Å². The number of rotatable bonds is 4. The van der Waals surface area contributed by atoms with E-state index in [-0.39, 0.29) is 45.2 Å². The quantitative estimate of drug-likeness (QED) is 0.323. The highest BCUT2D eigenvalue weighted by molar-refractivity contribution is 7.98. The summed E-state index contributed by atoms with van der Waals surface area (Å²) < 4.78 is 6.20. The molecule has 0 aromatic carbocycles. The molecule has 8 atom stereocenters. The molecule has 8 unspecified atom stereocenters. The molecule has 0 aliphatic heterocycles. The van der Waals surface area contributed by atoms with E-state index in [1.54, 1.807) is 11.8 Å². The molecule has 0 aromatic heterocycles. The molecule has 4 nitrogen and oxygen atoms in total. The number of hydrogen-bond donors (Lipinski definition) is 0. The number of fused-ring (bicyclic) bond motifs is 7. The molecule has 4 fully saturated rings. The van der Waals surface area contributed by atoms with Gasteiger partial charge in [0.05, 0.1) is 18.1 Å². The molecular formula is C30H43NO3S. The van der Waals surface area contributed by atoms with Crippen LogP contribution in [0, 0.1) is 62.6 Å². The number of hydrogen-bond acceptors (Lipinski definition) is 5. The van der Waals surface area contributed by atoms with Crippen molar-refractivity contribution in [3.8, 4) is 6.07 Å². The fourth-order valence-corrected chi connectivity index (χ4v) is 9.99. The second-order valence-electron chi connectivity index (χ2n) is 13.9. The standard InChI is InChI=1S/C30H43NO3S/c1-27(2)10-11-30(17-34-18-35-5)9-7-21-26(22(30)15-27)24(33)13-25-28(21,3)8-6-20-12-23(32)19(16-31)14-29(20,25)4/h14,20-22,25-26H,6-13,15,17-18H2,1-5H3. The molecular weight excluding hydrogens is 454 g/mol. The van der Waals surface area contributed by atoms with Crippen LogP contribution in [0.25, 0.3) is 0 Å².